The van der Waals surface area contributed by atoms with Gasteiger partial charge in [0.15, 0.2) is 0 Å². The molecule has 128 valence electrons. The van der Waals surface area contributed by atoms with Crippen LogP contribution in [0.3, 0.4) is 0 Å². The Morgan fingerprint density at radius 1 is 1.18 bits per heavy atom. The first-order chi connectivity index (χ1) is 9.37. The smallest absolute Gasteiger partial charge is 0.314 e. The van der Waals surface area contributed by atoms with E-state index in [0.717, 1.165) is 0 Å². The van der Waals surface area contributed by atoms with Gasteiger partial charge in [0, 0.05) is 42.3 Å². The largest absolute Gasteiger partial charge is 0.390 e. The summed E-state index contributed by atoms with van der Waals surface area (Å²) in [5.74, 6) is -0.604. The van der Waals surface area contributed by atoms with Crippen LogP contribution in [0.1, 0.15) is 18.0 Å². The Bertz CT molecular complexity index is 468. The number of piperazine rings is 1. The number of hydrogen-bond acceptors (Lipinski definition) is 2. The lowest BCUT2D eigenvalue weighted by molar-refractivity contribution is -0.149. The molecule has 1 atom stereocenters. The van der Waals surface area contributed by atoms with Crippen molar-refractivity contribution in [1.82, 2.24) is 10.2 Å². The van der Waals surface area contributed by atoms with E-state index in [1.165, 1.54) is 12.1 Å². The molecule has 2 nitrogen and oxygen atoms in total. The Labute approximate surface area is 147 Å². The van der Waals surface area contributed by atoms with Gasteiger partial charge in [0.05, 0.1) is 6.42 Å². The lowest BCUT2D eigenvalue weighted by Crippen LogP contribution is -2.46. The fraction of sp³-hybridized carbons (Fsp3) is 0.538. The number of halogens is 7. The maximum absolute atomic E-state index is 14.0. The van der Waals surface area contributed by atoms with Gasteiger partial charge in [0.2, 0.25) is 0 Å². The van der Waals surface area contributed by atoms with Crippen LogP contribution in [-0.2, 0) is 0 Å². The third-order valence-corrected chi connectivity index (χ3v) is 3.83. The molecule has 0 aliphatic carbocycles. The van der Waals surface area contributed by atoms with Crippen LogP contribution < -0.4 is 5.32 Å². The third-order valence-electron chi connectivity index (χ3n) is 3.34. The second-order valence-electron chi connectivity index (χ2n) is 4.79. The van der Waals surface area contributed by atoms with E-state index in [1.54, 1.807) is 11.0 Å². The topological polar surface area (TPSA) is 15.3 Å². The number of rotatable bonds is 3. The minimum Gasteiger partial charge on any atom is -0.314 e. The van der Waals surface area contributed by atoms with E-state index in [4.69, 9.17) is 0 Å². The Morgan fingerprint density at radius 3 is 2.27 bits per heavy atom. The van der Waals surface area contributed by atoms with E-state index in [2.05, 4.69) is 21.2 Å². The summed E-state index contributed by atoms with van der Waals surface area (Å²) >= 11 is 3.12. The third kappa shape index (κ3) is 6.20. The number of nitrogens with one attached hydrogen (secondary N) is 1. The normalized spacial score (nSPS) is 17.3. The highest BCUT2D eigenvalue weighted by Gasteiger charge is 2.37. The van der Waals surface area contributed by atoms with Crippen LogP contribution in [0.15, 0.2) is 22.7 Å². The van der Waals surface area contributed by atoms with Gasteiger partial charge >= 0.3 is 6.18 Å². The highest BCUT2D eigenvalue weighted by atomic mass is 79.9. The van der Waals surface area contributed by atoms with Crippen LogP contribution in [0.4, 0.5) is 17.6 Å². The van der Waals surface area contributed by atoms with Gasteiger partial charge in [-0.1, -0.05) is 22.0 Å². The molecule has 0 unspecified atom stereocenters. The molecule has 0 saturated carbocycles. The average Bonchev–Trinajstić information content (AvgIpc) is 2.36. The quantitative estimate of drug-likeness (QED) is 0.722. The molecule has 0 amide bonds. The summed E-state index contributed by atoms with van der Waals surface area (Å²) in [5.41, 5.74) is 0.104. The molecule has 1 aromatic carbocycles. The summed E-state index contributed by atoms with van der Waals surface area (Å²) in [4.78, 5) is 1.69. The van der Waals surface area contributed by atoms with Gasteiger partial charge in [0.25, 0.3) is 0 Å². The maximum Gasteiger partial charge on any atom is 0.390 e. The standard InChI is InChI=1S/C13H15BrF4N2.2ClH/c14-9-1-2-10(11(15)7-9)12(8-13(16,17)18)20-5-3-19-4-6-20;;/h1-2,7,12,19H,3-6,8H2;2*1H/t12-;;/m1../s1. The van der Waals surface area contributed by atoms with Crippen LogP contribution in [0.2, 0.25) is 0 Å². The minimum atomic E-state index is -4.32. The number of nitrogens with zero attached hydrogens (tertiary/aromatic N) is 1. The molecule has 1 N–H and O–H groups in total. The lowest BCUT2D eigenvalue weighted by Gasteiger charge is -2.35. The molecular formula is C13H17BrCl2F4N2. The van der Waals surface area contributed by atoms with Crippen molar-refractivity contribution in [2.75, 3.05) is 26.2 Å². The maximum atomic E-state index is 14.0. The van der Waals surface area contributed by atoms with Crippen LogP contribution in [-0.4, -0.2) is 37.3 Å². The van der Waals surface area contributed by atoms with E-state index < -0.39 is 24.5 Å². The fourth-order valence-corrected chi connectivity index (χ4v) is 2.75. The van der Waals surface area contributed by atoms with Gasteiger partial charge < -0.3 is 5.32 Å². The minimum absolute atomic E-state index is 0. The van der Waals surface area contributed by atoms with Gasteiger partial charge in [-0.25, -0.2) is 4.39 Å². The Balaban J connectivity index is 0.00000220. The highest BCUT2D eigenvalue weighted by Crippen LogP contribution is 2.35. The van der Waals surface area contributed by atoms with Crippen molar-refractivity contribution in [2.24, 2.45) is 0 Å². The van der Waals surface area contributed by atoms with E-state index >= 15 is 0 Å². The molecule has 0 aromatic heterocycles. The second-order valence-corrected chi connectivity index (χ2v) is 5.70. The van der Waals surface area contributed by atoms with Gasteiger partial charge in [0.1, 0.15) is 5.82 Å². The first-order valence-electron chi connectivity index (χ1n) is 6.33. The molecule has 0 radical (unpaired) electrons. The van der Waals surface area contributed by atoms with Crippen molar-refractivity contribution in [3.8, 4) is 0 Å². The molecule has 1 fully saturated rings. The molecule has 1 aliphatic rings. The molecule has 1 aromatic rings. The average molecular weight is 428 g/mol. The van der Waals surface area contributed by atoms with E-state index in [1.807, 2.05) is 0 Å². The monoisotopic (exact) mass is 426 g/mol. The zero-order chi connectivity index (χ0) is 14.8. The molecule has 0 spiro atoms. The second kappa shape index (κ2) is 9.27. The van der Waals surface area contributed by atoms with Crippen molar-refractivity contribution < 1.29 is 17.6 Å². The highest BCUT2D eigenvalue weighted by molar-refractivity contribution is 9.10. The molecule has 9 heteroatoms. The molecular weight excluding hydrogens is 411 g/mol. The van der Waals surface area contributed by atoms with Crippen molar-refractivity contribution in [1.29, 1.82) is 0 Å². The van der Waals surface area contributed by atoms with Crippen molar-refractivity contribution in [3.05, 3.63) is 34.1 Å². The molecule has 1 aliphatic heterocycles. The fourth-order valence-electron chi connectivity index (χ4n) is 2.42. The summed E-state index contributed by atoms with van der Waals surface area (Å²) in [7, 11) is 0. The summed E-state index contributed by atoms with van der Waals surface area (Å²) in [6.45, 7) is 2.20. The zero-order valence-electron chi connectivity index (χ0n) is 11.5. The SMILES string of the molecule is Cl.Cl.Fc1cc(Br)ccc1[C@@H](CC(F)(F)F)N1CCNCC1. The number of hydrogen-bond donors (Lipinski definition) is 1. The molecule has 2 rings (SSSR count). The van der Waals surface area contributed by atoms with E-state index in [0.29, 0.717) is 30.7 Å². The molecule has 22 heavy (non-hydrogen) atoms. The Hall–Kier alpha value is -0.0800. The van der Waals surface area contributed by atoms with Crippen LogP contribution in [0.5, 0.6) is 0 Å². The first kappa shape index (κ1) is 21.9. The summed E-state index contributed by atoms with van der Waals surface area (Å²) in [5, 5.41) is 3.08. The van der Waals surface area contributed by atoms with Crippen molar-refractivity contribution in [2.45, 2.75) is 18.6 Å². The van der Waals surface area contributed by atoms with Crippen molar-refractivity contribution in [3.63, 3.8) is 0 Å². The van der Waals surface area contributed by atoms with Gasteiger partial charge in [-0.15, -0.1) is 24.8 Å². The predicted octanol–water partition coefficient (Wildman–Crippen LogP) is 4.33. The number of alkyl halides is 3. The molecule has 1 heterocycles. The van der Waals surface area contributed by atoms with E-state index in [-0.39, 0.29) is 30.4 Å². The summed E-state index contributed by atoms with van der Waals surface area (Å²) < 4.78 is 52.9. The predicted molar refractivity (Wildman–Crippen MR) is 86.5 cm³/mol. The van der Waals surface area contributed by atoms with Crippen LogP contribution in [0, 0.1) is 5.82 Å². The van der Waals surface area contributed by atoms with Crippen molar-refractivity contribution >= 4 is 40.7 Å². The van der Waals surface area contributed by atoms with Gasteiger partial charge in [-0.05, 0) is 12.1 Å². The van der Waals surface area contributed by atoms with E-state index in [9.17, 15) is 17.6 Å². The lowest BCUT2D eigenvalue weighted by atomic mass is 10.0. The zero-order valence-corrected chi connectivity index (χ0v) is 14.7. The number of benzene rings is 1. The van der Waals surface area contributed by atoms with Crippen LogP contribution >= 0.6 is 40.7 Å². The molecule has 0 bridgehead atoms. The van der Waals surface area contributed by atoms with Gasteiger partial charge in [-0.2, -0.15) is 13.2 Å². The summed E-state index contributed by atoms with van der Waals surface area (Å²) in [6.07, 6.45) is -5.36. The first-order valence-corrected chi connectivity index (χ1v) is 7.12. The van der Waals surface area contributed by atoms with Crippen LogP contribution in [0.25, 0.3) is 0 Å². The molecule has 1 saturated heterocycles. The Kier molecular flexibility index (Phi) is 9.24. The Morgan fingerprint density at radius 2 is 1.77 bits per heavy atom. The summed E-state index contributed by atoms with van der Waals surface area (Å²) in [6, 6.07) is 3.24. The van der Waals surface area contributed by atoms with Gasteiger partial charge in [-0.3, -0.25) is 4.90 Å².